The summed E-state index contributed by atoms with van der Waals surface area (Å²) in [6.45, 7) is 3.94. The van der Waals surface area contributed by atoms with Gasteiger partial charge in [0.25, 0.3) is 0 Å². The van der Waals surface area contributed by atoms with Crippen LogP contribution in [0.3, 0.4) is 0 Å². The molecule has 7 nitrogen and oxygen atoms in total. The molecule has 0 aromatic heterocycles. The van der Waals surface area contributed by atoms with Crippen molar-refractivity contribution in [1.29, 1.82) is 0 Å². The quantitative estimate of drug-likeness (QED) is 0.341. The molecular formula is C30H44N2O5S. The third-order valence-corrected chi connectivity index (χ3v) is 10.5. The van der Waals surface area contributed by atoms with Crippen molar-refractivity contribution in [2.45, 2.75) is 89.8 Å². The summed E-state index contributed by atoms with van der Waals surface area (Å²) in [6, 6.07) is 0. The Kier molecular flexibility index (Phi) is 8.88. The van der Waals surface area contributed by atoms with Gasteiger partial charge in [-0.1, -0.05) is 24.5 Å². The van der Waals surface area contributed by atoms with E-state index in [1.807, 2.05) is 28.5 Å². The third kappa shape index (κ3) is 5.45. The molecule has 0 aromatic carbocycles. The average Bonchev–Trinajstić information content (AvgIpc) is 3.49. The van der Waals surface area contributed by atoms with E-state index in [-0.39, 0.29) is 36.7 Å². The predicted octanol–water partition coefficient (Wildman–Crippen LogP) is 4.71. The van der Waals surface area contributed by atoms with Crippen molar-refractivity contribution in [2.75, 3.05) is 38.2 Å². The number of nitrogens with zero attached hydrogens (tertiary/aromatic N) is 2. The zero-order chi connectivity index (χ0) is 26.7. The molecule has 0 aromatic rings. The maximum Gasteiger partial charge on any atom is 0.320 e. The highest BCUT2D eigenvalue weighted by Gasteiger charge is 2.60. The van der Waals surface area contributed by atoms with Gasteiger partial charge in [-0.05, 0) is 70.3 Å². The number of allylic oxidation sites excluding steroid dienone is 1. The first-order valence-electron chi connectivity index (χ1n) is 14.7. The second-order valence-electron chi connectivity index (χ2n) is 11.7. The molecule has 1 saturated carbocycles. The molecule has 4 atom stereocenters. The molecule has 210 valence electrons. The molecule has 0 spiro atoms. The van der Waals surface area contributed by atoms with Gasteiger partial charge in [-0.2, -0.15) is 11.8 Å². The van der Waals surface area contributed by atoms with E-state index in [2.05, 4.69) is 12.2 Å². The van der Waals surface area contributed by atoms with Crippen LogP contribution in [-0.2, 0) is 23.9 Å². The van der Waals surface area contributed by atoms with Gasteiger partial charge in [-0.25, -0.2) is 0 Å². The van der Waals surface area contributed by atoms with Gasteiger partial charge in [0.1, 0.15) is 5.41 Å². The number of ether oxygens (including phenoxy) is 2. The lowest BCUT2D eigenvalue weighted by molar-refractivity contribution is -0.178. The normalized spacial score (nSPS) is 32.5. The molecule has 38 heavy (non-hydrogen) atoms. The Balaban J connectivity index is 1.48. The molecule has 5 rings (SSSR count). The first kappa shape index (κ1) is 27.8. The predicted molar refractivity (Wildman–Crippen MR) is 148 cm³/mol. The first-order chi connectivity index (χ1) is 18.4. The third-order valence-electron chi connectivity index (χ3n) is 9.55. The minimum absolute atomic E-state index is 0.0132. The smallest absolute Gasteiger partial charge is 0.320 e. The molecule has 0 N–H and O–H groups in total. The Morgan fingerprint density at radius 2 is 1.92 bits per heavy atom. The molecule has 2 amide bonds. The van der Waals surface area contributed by atoms with E-state index >= 15 is 0 Å². The maximum atomic E-state index is 14.2. The van der Waals surface area contributed by atoms with Gasteiger partial charge >= 0.3 is 5.97 Å². The van der Waals surface area contributed by atoms with Gasteiger partial charge in [0.2, 0.25) is 11.8 Å². The SMILES string of the molecule is COC(=O)[C@]12C[C@H](CC(=O)N3CCSCC3)C(=O)N(CCC3=CCCCC3)C1=C[C@H](C1CCCC1)O[C@@H]2C. The summed E-state index contributed by atoms with van der Waals surface area (Å²) >= 11 is 1.86. The number of carbonyl (C=O) groups excluding carboxylic acids is 3. The van der Waals surface area contributed by atoms with E-state index in [9.17, 15) is 14.4 Å². The lowest BCUT2D eigenvalue weighted by Gasteiger charge is -2.52. The zero-order valence-electron chi connectivity index (χ0n) is 23.1. The number of thioether (sulfide) groups is 1. The number of methoxy groups -OCH3 is 1. The van der Waals surface area contributed by atoms with Gasteiger partial charge < -0.3 is 19.3 Å². The van der Waals surface area contributed by atoms with E-state index in [0.717, 1.165) is 62.4 Å². The minimum Gasteiger partial charge on any atom is -0.468 e. The Morgan fingerprint density at radius 1 is 1.16 bits per heavy atom. The minimum atomic E-state index is -1.08. The van der Waals surface area contributed by atoms with Gasteiger partial charge in [0, 0.05) is 49.2 Å². The molecule has 2 saturated heterocycles. The van der Waals surface area contributed by atoms with Gasteiger partial charge in [-0.15, -0.1) is 0 Å². The molecule has 3 fully saturated rings. The standard InChI is InChI=1S/C30H44N2O5S/c1-21-30(29(35)36-2)20-24(18-27(33)31-14-16-38-17-15-31)28(34)32(13-12-22-8-4-3-5-9-22)26(30)19-25(37-21)23-10-6-7-11-23/h8,19,21,23-25H,3-7,9-18,20H2,1-2H3/t21-,24+,25-,30+/m1/s1. The Hall–Kier alpha value is -1.80. The highest BCUT2D eigenvalue weighted by atomic mass is 32.2. The summed E-state index contributed by atoms with van der Waals surface area (Å²) in [5.41, 5.74) is 1.07. The molecule has 0 bridgehead atoms. The van der Waals surface area contributed by atoms with E-state index < -0.39 is 17.4 Å². The van der Waals surface area contributed by atoms with Crippen LogP contribution in [0.25, 0.3) is 0 Å². The number of amides is 2. The summed E-state index contributed by atoms with van der Waals surface area (Å²) in [7, 11) is 1.42. The number of fused-ring (bicyclic) bond motifs is 1. The Bertz CT molecular complexity index is 968. The van der Waals surface area contributed by atoms with Crippen molar-refractivity contribution in [3.05, 3.63) is 23.4 Å². The summed E-state index contributed by atoms with van der Waals surface area (Å²) in [4.78, 5) is 44.9. The van der Waals surface area contributed by atoms with Crippen LogP contribution in [0, 0.1) is 17.3 Å². The fourth-order valence-corrected chi connectivity index (χ4v) is 8.22. The maximum absolute atomic E-state index is 14.2. The van der Waals surface area contributed by atoms with Gasteiger partial charge in [-0.3, -0.25) is 14.4 Å². The number of carbonyl (C=O) groups is 3. The Morgan fingerprint density at radius 3 is 2.61 bits per heavy atom. The lowest BCUT2D eigenvalue weighted by atomic mass is 9.66. The first-order valence-corrected chi connectivity index (χ1v) is 15.9. The number of hydrogen-bond donors (Lipinski definition) is 0. The largest absolute Gasteiger partial charge is 0.468 e. The van der Waals surface area contributed by atoms with Crippen LogP contribution in [0.4, 0.5) is 0 Å². The van der Waals surface area contributed by atoms with Crippen LogP contribution >= 0.6 is 11.8 Å². The van der Waals surface area contributed by atoms with Crippen LogP contribution in [0.5, 0.6) is 0 Å². The van der Waals surface area contributed by atoms with E-state index in [1.54, 1.807) is 0 Å². The van der Waals surface area contributed by atoms with Crippen molar-refractivity contribution >= 4 is 29.5 Å². The molecule has 0 unspecified atom stereocenters. The van der Waals surface area contributed by atoms with Crippen molar-refractivity contribution in [1.82, 2.24) is 9.80 Å². The Labute approximate surface area is 231 Å². The van der Waals surface area contributed by atoms with Crippen LogP contribution < -0.4 is 0 Å². The fraction of sp³-hybridized carbons (Fsp3) is 0.767. The lowest BCUT2D eigenvalue weighted by Crippen LogP contribution is -2.61. The molecule has 2 aliphatic carbocycles. The second-order valence-corrected chi connectivity index (χ2v) is 13.0. The number of esters is 1. The van der Waals surface area contributed by atoms with Crippen molar-refractivity contribution < 1.29 is 23.9 Å². The second kappa shape index (κ2) is 12.2. The summed E-state index contributed by atoms with van der Waals surface area (Å²) in [6.07, 6.45) is 14.2. The number of rotatable bonds is 7. The summed E-state index contributed by atoms with van der Waals surface area (Å²) < 4.78 is 12.0. The molecule has 3 heterocycles. The summed E-state index contributed by atoms with van der Waals surface area (Å²) in [5.74, 6) is 1.33. The average molecular weight is 545 g/mol. The highest BCUT2D eigenvalue weighted by molar-refractivity contribution is 7.99. The monoisotopic (exact) mass is 544 g/mol. The molecule has 3 aliphatic heterocycles. The van der Waals surface area contributed by atoms with Crippen molar-refractivity contribution in [3.8, 4) is 0 Å². The van der Waals surface area contributed by atoms with Crippen molar-refractivity contribution in [3.63, 3.8) is 0 Å². The van der Waals surface area contributed by atoms with Gasteiger partial charge in [0.05, 0.1) is 19.3 Å². The van der Waals surface area contributed by atoms with E-state index in [4.69, 9.17) is 9.47 Å². The van der Waals surface area contributed by atoms with Crippen LogP contribution in [0.15, 0.2) is 23.4 Å². The number of piperidine rings is 1. The van der Waals surface area contributed by atoms with Crippen molar-refractivity contribution in [2.24, 2.45) is 17.3 Å². The highest BCUT2D eigenvalue weighted by Crippen LogP contribution is 2.52. The molecule has 5 aliphatic rings. The van der Waals surface area contributed by atoms with Crippen LogP contribution in [-0.4, -0.2) is 78.0 Å². The van der Waals surface area contributed by atoms with Crippen LogP contribution in [0.1, 0.15) is 77.6 Å². The fourth-order valence-electron chi connectivity index (χ4n) is 7.32. The number of likely N-dealkylation sites (tertiary alicyclic amines) is 1. The topological polar surface area (TPSA) is 76.2 Å². The molecular weight excluding hydrogens is 500 g/mol. The zero-order valence-corrected chi connectivity index (χ0v) is 23.9. The van der Waals surface area contributed by atoms with E-state index in [1.165, 1.54) is 38.4 Å². The van der Waals surface area contributed by atoms with Crippen LogP contribution in [0.2, 0.25) is 0 Å². The molecule has 8 heteroatoms. The molecule has 0 radical (unpaired) electrons. The number of hydrogen-bond acceptors (Lipinski definition) is 6. The summed E-state index contributed by atoms with van der Waals surface area (Å²) in [5, 5.41) is 0. The van der Waals surface area contributed by atoms with Gasteiger partial charge in [0.15, 0.2) is 0 Å². The van der Waals surface area contributed by atoms with E-state index in [0.29, 0.717) is 12.5 Å².